The highest BCUT2D eigenvalue weighted by molar-refractivity contribution is 6.08. The van der Waals surface area contributed by atoms with Gasteiger partial charge < -0.3 is 29.3 Å². The van der Waals surface area contributed by atoms with Crippen molar-refractivity contribution in [1.29, 1.82) is 0 Å². The monoisotopic (exact) mass is 419 g/mol. The van der Waals surface area contributed by atoms with E-state index in [0.29, 0.717) is 23.6 Å². The summed E-state index contributed by atoms with van der Waals surface area (Å²) in [4.78, 5) is 12.8. The van der Waals surface area contributed by atoms with Crippen molar-refractivity contribution in [3.05, 3.63) is 60.2 Å². The van der Waals surface area contributed by atoms with E-state index in [4.69, 9.17) is 18.6 Å². The van der Waals surface area contributed by atoms with Crippen LogP contribution in [0.15, 0.2) is 59.0 Å². The van der Waals surface area contributed by atoms with Crippen LogP contribution in [-0.4, -0.2) is 25.9 Å². The first-order valence-corrected chi connectivity index (χ1v) is 10.1. The number of quaternary nitrogens is 1. The highest BCUT2D eigenvalue weighted by atomic mass is 16.7. The summed E-state index contributed by atoms with van der Waals surface area (Å²) >= 11 is 0. The van der Waals surface area contributed by atoms with Crippen molar-refractivity contribution >= 4 is 33.5 Å². The molecule has 3 aromatic carbocycles. The Morgan fingerprint density at radius 1 is 1.06 bits per heavy atom. The molecule has 1 atom stereocenters. The van der Waals surface area contributed by atoms with Crippen LogP contribution in [0.3, 0.4) is 0 Å². The average Bonchev–Trinajstić information content (AvgIpc) is 3.40. The fourth-order valence-electron chi connectivity index (χ4n) is 3.75. The second-order valence-corrected chi connectivity index (χ2v) is 7.55. The van der Waals surface area contributed by atoms with E-state index < -0.39 is 0 Å². The highest BCUT2D eigenvalue weighted by Gasteiger charge is 2.20. The fourth-order valence-corrected chi connectivity index (χ4v) is 3.75. The Morgan fingerprint density at radius 3 is 2.77 bits per heavy atom. The van der Waals surface area contributed by atoms with Gasteiger partial charge in [0.15, 0.2) is 17.5 Å². The molecule has 0 bridgehead atoms. The van der Waals surface area contributed by atoms with Crippen LogP contribution < -0.4 is 24.8 Å². The minimum Gasteiger partial charge on any atom is -0.495 e. The van der Waals surface area contributed by atoms with Crippen molar-refractivity contribution in [2.45, 2.75) is 19.5 Å². The van der Waals surface area contributed by atoms with E-state index in [1.54, 1.807) is 7.11 Å². The summed E-state index contributed by atoms with van der Waals surface area (Å²) in [7, 11) is 1.59. The van der Waals surface area contributed by atoms with Crippen molar-refractivity contribution in [3.8, 4) is 17.2 Å². The molecule has 1 aliphatic heterocycles. The lowest BCUT2D eigenvalue weighted by atomic mass is 10.1. The van der Waals surface area contributed by atoms with Gasteiger partial charge in [0.25, 0.3) is 5.91 Å². The van der Waals surface area contributed by atoms with Gasteiger partial charge in [-0.15, -0.1) is 0 Å². The summed E-state index contributed by atoms with van der Waals surface area (Å²) in [5.41, 5.74) is 3.15. The van der Waals surface area contributed by atoms with Crippen LogP contribution in [0.4, 0.5) is 5.69 Å². The zero-order valence-corrected chi connectivity index (χ0v) is 17.3. The third kappa shape index (κ3) is 3.64. The number of nitrogens with one attached hydrogen (secondary N) is 1. The van der Waals surface area contributed by atoms with E-state index >= 15 is 0 Å². The van der Waals surface area contributed by atoms with Crippen LogP contribution in [0.1, 0.15) is 12.5 Å². The number of para-hydroxylation sites is 1. The quantitative estimate of drug-likeness (QED) is 0.500. The van der Waals surface area contributed by atoms with Gasteiger partial charge >= 0.3 is 0 Å². The molecule has 2 heterocycles. The topological polar surface area (TPSA) is 86.5 Å². The van der Waals surface area contributed by atoms with Crippen molar-refractivity contribution in [1.82, 2.24) is 0 Å². The van der Waals surface area contributed by atoms with Crippen LogP contribution in [0, 0.1) is 0 Å². The zero-order chi connectivity index (χ0) is 21.4. The Labute approximate surface area is 178 Å². The molecule has 0 saturated heterocycles. The molecular formula is C24H23N2O5+. The van der Waals surface area contributed by atoms with Crippen LogP contribution in [0.2, 0.25) is 0 Å². The molecule has 5 rings (SSSR count). The second kappa shape index (κ2) is 7.85. The van der Waals surface area contributed by atoms with Gasteiger partial charge in [-0.3, -0.25) is 4.79 Å². The number of benzene rings is 3. The predicted octanol–water partition coefficient (Wildman–Crippen LogP) is 3.41. The van der Waals surface area contributed by atoms with Crippen molar-refractivity contribution in [2.24, 2.45) is 0 Å². The lowest BCUT2D eigenvalue weighted by molar-refractivity contribution is -0.688. The van der Waals surface area contributed by atoms with Gasteiger partial charge in [0.2, 0.25) is 6.79 Å². The lowest BCUT2D eigenvalue weighted by Crippen LogP contribution is -2.90. The second-order valence-electron chi connectivity index (χ2n) is 7.55. The summed E-state index contributed by atoms with van der Waals surface area (Å²) < 4.78 is 22.2. The molecule has 4 aromatic rings. The molecular weight excluding hydrogens is 396 g/mol. The zero-order valence-electron chi connectivity index (χ0n) is 17.3. The van der Waals surface area contributed by atoms with Gasteiger partial charge in [-0.1, -0.05) is 18.2 Å². The van der Waals surface area contributed by atoms with E-state index in [0.717, 1.165) is 33.4 Å². The fraction of sp³-hybridized carbons (Fsp3) is 0.208. The number of ether oxygens (including phenoxy) is 3. The Kier molecular flexibility index (Phi) is 4.88. The minimum absolute atomic E-state index is 0.116. The summed E-state index contributed by atoms with van der Waals surface area (Å²) in [5, 5.41) is 6.91. The molecule has 1 amide bonds. The lowest BCUT2D eigenvalue weighted by Gasteiger charge is -2.14. The van der Waals surface area contributed by atoms with E-state index in [2.05, 4.69) is 5.32 Å². The minimum atomic E-state index is -0.304. The number of fused-ring (bicyclic) bond motifs is 4. The van der Waals surface area contributed by atoms with Gasteiger partial charge in [0.05, 0.1) is 12.8 Å². The molecule has 1 aromatic heterocycles. The van der Waals surface area contributed by atoms with E-state index in [1.807, 2.05) is 66.8 Å². The van der Waals surface area contributed by atoms with Gasteiger partial charge in [0, 0.05) is 22.4 Å². The molecule has 3 N–H and O–H groups in total. The molecule has 0 radical (unpaired) electrons. The molecule has 158 valence electrons. The van der Waals surface area contributed by atoms with Crippen molar-refractivity contribution in [2.75, 3.05) is 19.2 Å². The Balaban J connectivity index is 1.31. The van der Waals surface area contributed by atoms with Crippen LogP contribution in [0.25, 0.3) is 21.9 Å². The third-order valence-electron chi connectivity index (χ3n) is 5.51. The number of hydrogen-bond acceptors (Lipinski definition) is 5. The molecule has 0 fully saturated rings. The number of furan rings is 1. The molecule has 0 unspecified atom stereocenters. The Morgan fingerprint density at radius 2 is 1.90 bits per heavy atom. The third-order valence-corrected chi connectivity index (χ3v) is 5.51. The van der Waals surface area contributed by atoms with Crippen molar-refractivity contribution < 1.29 is 28.7 Å². The number of carbonyl (C=O) groups is 1. The SMILES string of the molecule is COc1cc2c(cc1NC(=O)[C@@H](C)[NH2+]Cc1ccc3c(c1)OCO3)oc1ccccc12. The number of hydrogen-bond donors (Lipinski definition) is 2. The first-order valence-electron chi connectivity index (χ1n) is 10.1. The highest BCUT2D eigenvalue weighted by Crippen LogP contribution is 2.36. The number of anilines is 1. The molecule has 7 heteroatoms. The van der Waals surface area contributed by atoms with Gasteiger partial charge in [0.1, 0.15) is 23.5 Å². The standard InChI is InChI=1S/C24H22N2O5/c1-14(25-12-15-7-8-20-23(9-15)30-13-29-20)24(27)26-18-11-21-17(10-22(18)28-2)16-5-3-4-6-19(16)31-21/h3-11,14,25H,12-13H2,1-2H3,(H,26,27)/p+1/t14-/m1/s1. The largest absolute Gasteiger partial charge is 0.495 e. The van der Waals surface area contributed by atoms with Crippen molar-refractivity contribution in [3.63, 3.8) is 0 Å². The van der Waals surface area contributed by atoms with Crippen LogP contribution in [-0.2, 0) is 11.3 Å². The number of methoxy groups -OCH3 is 1. The average molecular weight is 419 g/mol. The summed E-state index contributed by atoms with van der Waals surface area (Å²) in [6.07, 6.45) is 0. The first-order chi connectivity index (χ1) is 15.1. The number of amides is 1. The molecule has 7 nitrogen and oxygen atoms in total. The van der Waals surface area contributed by atoms with Crippen LogP contribution >= 0.6 is 0 Å². The smallest absolute Gasteiger partial charge is 0.282 e. The normalized spacial score (nSPS) is 13.5. The molecule has 0 aliphatic carbocycles. The molecule has 0 spiro atoms. The van der Waals surface area contributed by atoms with E-state index in [-0.39, 0.29) is 18.7 Å². The van der Waals surface area contributed by atoms with Crippen LogP contribution in [0.5, 0.6) is 17.2 Å². The maximum Gasteiger partial charge on any atom is 0.282 e. The number of carbonyl (C=O) groups excluding carboxylic acids is 1. The first kappa shape index (κ1) is 19.3. The van der Waals surface area contributed by atoms with Gasteiger partial charge in [-0.05, 0) is 37.3 Å². The predicted molar refractivity (Wildman–Crippen MR) is 117 cm³/mol. The molecule has 31 heavy (non-hydrogen) atoms. The summed E-state index contributed by atoms with van der Waals surface area (Å²) in [6.45, 7) is 2.76. The summed E-state index contributed by atoms with van der Waals surface area (Å²) in [6, 6.07) is 17.1. The summed E-state index contributed by atoms with van der Waals surface area (Å²) in [5.74, 6) is 1.97. The van der Waals surface area contributed by atoms with Gasteiger partial charge in [-0.25, -0.2) is 0 Å². The van der Waals surface area contributed by atoms with Gasteiger partial charge in [-0.2, -0.15) is 0 Å². The maximum atomic E-state index is 12.8. The van der Waals surface area contributed by atoms with E-state index in [9.17, 15) is 4.79 Å². The Bertz CT molecular complexity index is 1280. The molecule has 0 saturated carbocycles. The van der Waals surface area contributed by atoms with E-state index in [1.165, 1.54) is 0 Å². The number of rotatable bonds is 6. The Hall–Kier alpha value is -3.71. The maximum absolute atomic E-state index is 12.8. The number of nitrogens with two attached hydrogens (primary N) is 1. The molecule has 1 aliphatic rings.